The van der Waals surface area contributed by atoms with Gasteiger partial charge in [0.2, 0.25) is 5.91 Å². The van der Waals surface area contributed by atoms with E-state index in [-0.39, 0.29) is 17.3 Å². The number of rotatable bonds is 7. The Hall–Kier alpha value is -2.80. The summed E-state index contributed by atoms with van der Waals surface area (Å²) in [4.78, 5) is 24.9. The zero-order valence-corrected chi connectivity index (χ0v) is 14.8. The van der Waals surface area contributed by atoms with Crippen molar-refractivity contribution in [3.63, 3.8) is 0 Å². The molecular weight excluding hydrogens is 353 g/mol. The molecule has 3 rings (SSSR count). The lowest BCUT2D eigenvalue weighted by Crippen LogP contribution is -2.25. The van der Waals surface area contributed by atoms with Crippen molar-refractivity contribution in [3.05, 3.63) is 75.0 Å². The molecular formula is C19H18FN3O2S. The van der Waals surface area contributed by atoms with E-state index in [4.69, 9.17) is 0 Å². The number of hydrogen-bond acceptors (Lipinski definition) is 4. The van der Waals surface area contributed by atoms with Crippen LogP contribution in [0.1, 0.15) is 17.7 Å². The average molecular weight is 371 g/mol. The molecule has 26 heavy (non-hydrogen) atoms. The van der Waals surface area contributed by atoms with Crippen molar-refractivity contribution < 1.29 is 9.18 Å². The molecule has 0 aliphatic rings. The summed E-state index contributed by atoms with van der Waals surface area (Å²) in [6.45, 7) is 0.870. The molecule has 0 spiro atoms. The topological polar surface area (TPSA) is 64.0 Å². The van der Waals surface area contributed by atoms with E-state index >= 15 is 0 Å². The number of thiophene rings is 1. The van der Waals surface area contributed by atoms with Crippen LogP contribution in [-0.2, 0) is 17.9 Å². The monoisotopic (exact) mass is 371 g/mol. The van der Waals surface area contributed by atoms with Crippen molar-refractivity contribution in [1.29, 1.82) is 0 Å². The zero-order chi connectivity index (χ0) is 18.4. The molecule has 0 atom stereocenters. The number of nitrogens with one attached hydrogen (secondary N) is 1. The van der Waals surface area contributed by atoms with Gasteiger partial charge >= 0.3 is 0 Å². The fourth-order valence-electron chi connectivity index (χ4n) is 2.46. The van der Waals surface area contributed by atoms with E-state index in [0.29, 0.717) is 31.6 Å². The number of benzene rings is 1. The molecule has 0 aliphatic heterocycles. The lowest BCUT2D eigenvalue weighted by molar-refractivity contribution is -0.121. The first-order valence-electron chi connectivity index (χ1n) is 8.25. The zero-order valence-electron chi connectivity index (χ0n) is 14.0. The first-order chi connectivity index (χ1) is 12.6. The van der Waals surface area contributed by atoms with Crippen molar-refractivity contribution in [3.8, 4) is 11.3 Å². The first-order valence-corrected chi connectivity index (χ1v) is 9.13. The molecule has 0 bridgehead atoms. The Labute approximate surface area is 154 Å². The highest BCUT2D eigenvalue weighted by Gasteiger charge is 2.06. The summed E-state index contributed by atoms with van der Waals surface area (Å²) in [5.74, 6) is -0.378. The summed E-state index contributed by atoms with van der Waals surface area (Å²) in [7, 11) is 0. The van der Waals surface area contributed by atoms with Gasteiger partial charge in [0.25, 0.3) is 5.56 Å². The van der Waals surface area contributed by atoms with Crippen LogP contribution < -0.4 is 10.9 Å². The second-order valence-electron chi connectivity index (χ2n) is 5.75. The van der Waals surface area contributed by atoms with Gasteiger partial charge in [-0.15, -0.1) is 11.3 Å². The lowest BCUT2D eigenvalue weighted by atomic mass is 10.1. The van der Waals surface area contributed by atoms with Crippen LogP contribution in [0.15, 0.2) is 58.7 Å². The van der Waals surface area contributed by atoms with E-state index in [0.717, 1.165) is 10.4 Å². The van der Waals surface area contributed by atoms with E-state index in [1.807, 2.05) is 17.5 Å². The van der Waals surface area contributed by atoms with Crippen LogP contribution in [0.4, 0.5) is 4.39 Å². The normalized spacial score (nSPS) is 10.7. The number of nitrogens with zero attached hydrogens (tertiary/aromatic N) is 2. The van der Waals surface area contributed by atoms with E-state index in [9.17, 15) is 14.0 Å². The minimum Gasteiger partial charge on any atom is -0.351 e. The maximum atomic E-state index is 13.0. The van der Waals surface area contributed by atoms with Crippen LogP contribution >= 0.6 is 11.3 Å². The molecule has 0 saturated carbocycles. The van der Waals surface area contributed by atoms with Crippen molar-refractivity contribution >= 4 is 17.2 Å². The maximum absolute atomic E-state index is 13.0. The summed E-state index contributed by atoms with van der Waals surface area (Å²) < 4.78 is 14.4. The smallest absolute Gasteiger partial charge is 0.266 e. The fraction of sp³-hybridized carbons (Fsp3) is 0.211. The lowest BCUT2D eigenvalue weighted by Gasteiger charge is -2.08. The van der Waals surface area contributed by atoms with Gasteiger partial charge in [0.1, 0.15) is 5.82 Å². The summed E-state index contributed by atoms with van der Waals surface area (Å²) in [6, 6.07) is 12.9. The molecule has 0 fully saturated rings. The molecule has 0 saturated heterocycles. The molecule has 0 aliphatic carbocycles. The van der Waals surface area contributed by atoms with Crippen LogP contribution in [0.2, 0.25) is 0 Å². The van der Waals surface area contributed by atoms with Gasteiger partial charge in [0.05, 0.1) is 12.2 Å². The second-order valence-corrected chi connectivity index (χ2v) is 6.78. The number of carbonyl (C=O) groups excluding carboxylic acids is 1. The predicted octanol–water partition coefficient (Wildman–Crippen LogP) is 3.21. The van der Waals surface area contributed by atoms with Gasteiger partial charge in [0, 0.05) is 29.5 Å². The highest BCUT2D eigenvalue weighted by molar-refractivity contribution is 7.09. The second kappa shape index (κ2) is 8.53. The Balaban J connectivity index is 1.55. The summed E-state index contributed by atoms with van der Waals surface area (Å²) in [6.07, 6.45) is 0.830. The minimum atomic E-state index is -0.323. The maximum Gasteiger partial charge on any atom is 0.266 e. The SMILES string of the molecule is O=C(CCCn1nc(-c2ccc(F)cc2)ccc1=O)NCc1cccs1. The third kappa shape index (κ3) is 4.86. The third-order valence-electron chi connectivity index (χ3n) is 3.82. The molecule has 5 nitrogen and oxygen atoms in total. The average Bonchev–Trinajstić information content (AvgIpc) is 3.16. The standard InChI is InChI=1S/C19H18FN3O2S/c20-15-7-5-14(6-8-15)17-9-10-19(25)23(22-17)11-1-4-18(24)21-13-16-3-2-12-26-16/h2-3,5-10,12H,1,4,11,13H2,(H,21,24). The van der Waals surface area contributed by atoms with Crippen LogP contribution in [0, 0.1) is 5.82 Å². The van der Waals surface area contributed by atoms with Gasteiger partial charge in [-0.05, 0) is 48.2 Å². The number of aromatic nitrogens is 2. The first kappa shape index (κ1) is 18.0. The number of hydrogen-bond donors (Lipinski definition) is 1. The van der Waals surface area contributed by atoms with Crippen LogP contribution in [-0.4, -0.2) is 15.7 Å². The summed E-state index contributed by atoms with van der Waals surface area (Å²) in [5.41, 5.74) is 1.09. The Morgan fingerprint density at radius 1 is 1.15 bits per heavy atom. The van der Waals surface area contributed by atoms with E-state index < -0.39 is 0 Å². The van der Waals surface area contributed by atoms with Crippen LogP contribution in [0.3, 0.4) is 0 Å². The van der Waals surface area contributed by atoms with E-state index in [1.54, 1.807) is 29.5 Å². The van der Waals surface area contributed by atoms with Crippen LogP contribution in [0.5, 0.6) is 0 Å². The molecule has 1 amide bonds. The molecule has 3 aromatic rings. The molecule has 2 aromatic heterocycles. The van der Waals surface area contributed by atoms with Gasteiger partial charge in [0.15, 0.2) is 0 Å². The van der Waals surface area contributed by atoms with Gasteiger partial charge in [-0.1, -0.05) is 6.07 Å². The Bertz CT molecular complexity index is 921. The summed E-state index contributed by atoms with van der Waals surface area (Å²) in [5, 5.41) is 9.13. The van der Waals surface area contributed by atoms with Gasteiger partial charge in [-0.3, -0.25) is 9.59 Å². The highest BCUT2D eigenvalue weighted by atomic mass is 32.1. The predicted molar refractivity (Wildman–Crippen MR) is 99.3 cm³/mol. The fourth-order valence-corrected chi connectivity index (χ4v) is 3.10. The largest absolute Gasteiger partial charge is 0.351 e. The van der Waals surface area contributed by atoms with Crippen LogP contribution in [0.25, 0.3) is 11.3 Å². The highest BCUT2D eigenvalue weighted by Crippen LogP contribution is 2.15. The number of aryl methyl sites for hydroxylation is 1. The molecule has 1 N–H and O–H groups in total. The van der Waals surface area contributed by atoms with Crippen molar-refractivity contribution in [2.45, 2.75) is 25.9 Å². The quantitative estimate of drug-likeness (QED) is 0.694. The molecule has 1 aromatic carbocycles. The minimum absolute atomic E-state index is 0.0545. The van der Waals surface area contributed by atoms with Crippen molar-refractivity contribution in [1.82, 2.24) is 15.1 Å². The van der Waals surface area contributed by atoms with Gasteiger partial charge in [-0.25, -0.2) is 9.07 Å². The van der Waals surface area contributed by atoms with Gasteiger partial charge in [-0.2, -0.15) is 5.10 Å². The van der Waals surface area contributed by atoms with Gasteiger partial charge < -0.3 is 5.32 Å². The number of amides is 1. The van der Waals surface area contributed by atoms with E-state index in [1.165, 1.54) is 22.9 Å². The molecule has 0 radical (unpaired) electrons. The molecule has 0 unspecified atom stereocenters. The molecule has 134 valence electrons. The molecule has 2 heterocycles. The number of carbonyl (C=O) groups is 1. The summed E-state index contributed by atoms with van der Waals surface area (Å²) >= 11 is 1.59. The van der Waals surface area contributed by atoms with Crippen molar-refractivity contribution in [2.75, 3.05) is 0 Å². The van der Waals surface area contributed by atoms with E-state index in [2.05, 4.69) is 10.4 Å². The Morgan fingerprint density at radius 2 is 1.96 bits per heavy atom. The Morgan fingerprint density at radius 3 is 2.69 bits per heavy atom. The van der Waals surface area contributed by atoms with Crippen molar-refractivity contribution in [2.24, 2.45) is 0 Å². The third-order valence-corrected chi connectivity index (χ3v) is 4.70. The number of halogens is 1. The molecule has 7 heteroatoms. The Kier molecular flexibility index (Phi) is 5.91.